The van der Waals surface area contributed by atoms with E-state index in [9.17, 15) is 19.8 Å². The summed E-state index contributed by atoms with van der Waals surface area (Å²) in [5, 5.41) is 21.1. The minimum Gasteiger partial charge on any atom is -0.502 e. The van der Waals surface area contributed by atoms with Crippen molar-refractivity contribution in [1.82, 2.24) is 9.55 Å². The normalized spacial score (nSPS) is 15.2. The van der Waals surface area contributed by atoms with E-state index in [1.807, 2.05) is 31.2 Å². The molecule has 4 rings (SSSR count). The molecule has 0 radical (unpaired) electrons. The lowest BCUT2D eigenvalue weighted by molar-refractivity contribution is 0.339. The highest BCUT2D eigenvalue weighted by Gasteiger charge is 2.28. The second-order valence-corrected chi connectivity index (χ2v) is 9.32. The number of hydrogen-bond donors (Lipinski definition) is 3. The number of phenols is 1. The van der Waals surface area contributed by atoms with Gasteiger partial charge < -0.3 is 19.7 Å². The monoisotopic (exact) mass is 497 g/mol. The van der Waals surface area contributed by atoms with Crippen LogP contribution in [-0.4, -0.2) is 39.7 Å². The molecule has 184 valence electrons. The molecule has 1 aliphatic heterocycles. The molecule has 2 aromatic carbocycles. The van der Waals surface area contributed by atoms with Gasteiger partial charge in [0, 0.05) is 23.1 Å². The Balaban J connectivity index is 1.89. The Kier molecular flexibility index (Phi) is 7.20. The summed E-state index contributed by atoms with van der Waals surface area (Å²) in [6.07, 6.45) is 1.75. The number of ether oxygens (including phenoxy) is 2. The highest BCUT2D eigenvalue weighted by Crippen LogP contribution is 2.48. The Morgan fingerprint density at radius 1 is 1.14 bits per heavy atom. The van der Waals surface area contributed by atoms with Gasteiger partial charge in [-0.25, -0.2) is 4.79 Å². The lowest BCUT2D eigenvalue weighted by atomic mass is 10.0. The highest BCUT2D eigenvalue weighted by atomic mass is 32.2. The molecular weight excluding hydrogens is 470 g/mol. The molecule has 0 saturated carbocycles. The number of nitrogens with zero attached hydrogens (tertiary/aromatic N) is 2. The van der Waals surface area contributed by atoms with E-state index in [0.29, 0.717) is 17.8 Å². The first-order valence-electron chi connectivity index (χ1n) is 11.2. The number of aliphatic imine (C=N–C) groups is 1. The number of nitrogens with one attached hydrogen (secondary N) is 1. The molecule has 1 aromatic heterocycles. The van der Waals surface area contributed by atoms with Crippen molar-refractivity contribution in [2.75, 3.05) is 14.2 Å². The number of unbranched alkanes of at least 4 members (excludes halogenated alkanes) is 1. The van der Waals surface area contributed by atoms with Gasteiger partial charge in [-0.1, -0.05) is 25.5 Å². The molecule has 10 heteroatoms. The largest absolute Gasteiger partial charge is 0.502 e. The zero-order chi connectivity index (χ0) is 25.1. The Morgan fingerprint density at radius 2 is 1.83 bits per heavy atom. The van der Waals surface area contributed by atoms with E-state index in [1.165, 1.54) is 30.5 Å². The molecule has 0 unspecified atom stereocenters. The summed E-state index contributed by atoms with van der Waals surface area (Å²) in [4.78, 5) is 33.2. The van der Waals surface area contributed by atoms with Crippen LogP contribution in [0.15, 0.2) is 55.9 Å². The Morgan fingerprint density at radius 3 is 2.49 bits per heavy atom. The summed E-state index contributed by atoms with van der Waals surface area (Å²) in [5.74, 6) is 0.00765. The van der Waals surface area contributed by atoms with Crippen LogP contribution in [0, 0.1) is 0 Å². The van der Waals surface area contributed by atoms with Crippen LogP contribution in [0.3, 0.4) is 0 Å². The molecule has 0 spiro atoms. The topological polar surface area (TPSA) is 126 Å². The maximum atomic E-state index is 12.9. The average molecular weight is 498 g/mol. The first-order chi connectivity index (χ1) is 16.9. The number of aromatic amines is 1. The summed E-state index contributed by atoms with van der Waals surface area (Å²) >= 11 is 1.54. The number of methoxy groups -OCH3 is 2. The van der Waals surface area contributed by atoms with Crippen LogP contribution in [-0.2, 0) is 6.54 Å². The van der Waals surface area contributed by atoms with Crippen molar-refractivity contribution in [2.24, 2.45) is 4.99 Å². The van der Waals surface area contributed by atoms with E-state index >= 15 is 0 Å². The third kappa shape index (κ3) is 4.79. The minimum absolute atomic E-state index is 0.0271. The molecule has 9 nitrogen and oxygen atoms in total. The maximum absolute atomic E-state index is 12.9. The summed E-state index contributed by atoms with van der Waals surface area (Å²) in [5.41, 5.74) is 0.406. The Bertz CT molecular complexity index is 1370. The number of phenolic OH excluding ortho intramolecular Hbond substituents is 1. The molecule has 0 amide bonds. The van der Waals surface area contributed by atoms with Gasteiger partial charge in [0.25, 0.3) is 5.56 Å². The third-order valence-electron chi connectivity index (χ3n) is 5.84. The van der Waals surface area contributed by atoms with Crippen LogP contribution < -0.4 is 20.7 Å². The maximum Gasteiger partial charge on any atom is 0.331 e. The second-order valence-electron chi connectivity index (χ2n) is 8.07. The number of aromatic nitrogens is 2. The number of rotatable bonds is 7. The fourth-order valence-electron chi connectivity index (χ4n) is 4.00. The SMILES string of the molecule is CCCCn1c(O)c(C2=Nc3ccccc3S[C@@H](c3cc(OC)c(O)c(OC)c3)C2)c(=O)[nH]c1=O. The third-order valence-corrected chi connectivity index (χ3v) is 7.16. The van der Waals surface area contributed by atoms with Crippen LogP contribution in [0.5, 0.6) is 23.1 Å². The van der Waals surface area contributed by atoms with Crippen molar-refractivity contribution in [3.8, 4) is 23.1 Å². The van der Waals surface area contributed by atoms with Crippen molar-refractivity contribution in [2.45, 2.75) is 42.9 Å². The van der Waals surface area contributed by atoms with E-state index in [4.69, 9.17) is 14.5 Å². The molecule has 0 saturated heterocycles. The van der Waals surface area contributed by atoms with Crippen LogP contribution >= 0.6 is 11.8 Å². The van der Waals surface area contributed by atoms with Crippen molar-refractivity contribution < 1.29 is 19.7 Å². The quantitative estimate of drug-likeness (QED) is 0.448. The van der Waals surface area contributed by atoms with Gasteiger partial charge in [0.15, 0.2) is 11.5 Å². The van der Waals surface area contributed by atoms with Crippen molar-refractivity contribution in [3.63, 3.8) is 0 Å². The van der Waals surface area contributed by atoms with Crippen LogP contribution in [0.2, 0.25) is 0 Å². The summed E-state index contributed by atoms with van der Waals surface area (Å²) in [6, 6.07) is 10.9. The van der Waals surface area contributed by atoms with Crippen LogP contribution in [0.4, 0.5) is 5.69 Å². The van der Waals surface area contributed by atoms with Gasteiger partial charge in [-0.2, -0.15) is 0 Å². The van der Waals surface area contributed by atoms with Gasteiger partial charge in [0.05, 0.1) is 25.6 Å². The predicted molar refractivity (Wildman–Crippen MR) is 135 cm³/mol. The number of benzene rings is 2. The predicted octanol–water partition coefficient (Wildman–Crippen LogP) is 4.12. The summed E-state index contributed by atoms with van der Waals surface area (Å²) in [7, 11) is 2.91. The smallest absolute Gasteiger partial charge is 0.331 e. The fraction of sp³-hybridized carbons (Fsp3) is 0.320. The van der Waals surface area contributed by atoms with Crippen molar-refractivity contribution >= 4 is 23.2 Å². The molecule has 3 aromatic rings. The molecule has 2 heterocycles. The molecule has 0 bridgehead atoms. The zero-order valence-electron chi connectivity index (χ0n) is 19.7. The number of para-hydroxylation sites is 1. The number of thioether (sulfide) groups is 1. The first-order valence-corrected chi connectivity index (χ1v) is 12.1. The molecule has 1 aliphatic rings. The number of aromatic hydroxyl groups is 2. The van der Waals surface area contributed by atoms with E-state index in [0.717, 1.165) is 16.9 Å². The fourth-order valence-corrected chi connectivity index (χ4v) is 5.21. The first kappa shape index (κ1) is 24.5. The Labute approximate surface area is 206 Å². The highest BCUT2D eigenvalue weighted by molar-refractivity contribution is 7.99. The van der Waals surface area contributed by atoms with E-state index < -0.39 is 17.1 Å². The minimum atomic E-state index is -0.692. The molecule has 1 atom stereocenters. The van der Waals surface area contributed by atoms with Crippen molar-refractivity contribution in [1.29, 1.82) is 0 Å². The standard InChI is InChI=1S/C25H27N3O6S/c1-4-5-10-28-24(31)21(23(30)27-25(28)32)16-13-20(35-19-9-7-6-8-15(19)26-16)14-11-17(33-2)22(29)18(12-14)34-3/h6-9,11-12,20,29,31H,4-5,10,13H2,1-3H3,(H,27,30,32)/t20-/m1/s1. The van der Waals surface area contributed by atoms with Gasteiger partial charge in [0.2, 0.25) is 11.6 Å². The van der Waals surface area contributed by atoms with Gasteiger partial charge >= 0.3 is 5.69 Å². The molecule has 0 aliphatic carbocycles. The zero-order valence-corrected chi connectivity index (χ0v) is 20.5. The van der Waals surface area contributed by atoms with E-state index in [1.54, 1.807) is 12.1 Å². The van der Waals surface area contributed by atoms with Crippen molar-refractivity contribution in [3.05, 3.63) is 68.4 Å². The number of fused-ring (bicyclic) bond motifs is 1. The average Bonchev–Trinajstić information content (AvgIpc) is 3.03. The molecule has 3 N–H and O–H groups in total. The lowest BCUT2D eigenvalue weighted by Crippen LogP contribution is -2.34. The number of H-pyrrole nitrogens is 1. The van der Waals surface area contributed by atoms with Gasteiger partial charge in [-0.05, 0) is 36.2 Å². The van der Waals surface area contributed by atoms with Crippen LogP contribution in [0.25, 0.3) is 0 Å². The van der Waals surface area contributed by atoms with E-state index in [2.05, 4.69) is 4.98 Å². The molecule has 0 fully saturated rings. The summed E-state index contributed by atoms with van der Waals surface area (Å²) in [6.45, 7) is 2.25. The van der Waals surface area contributed by atoms with Gasteiger partial charge in [-0.15, -0.1) is 11.8 Å². The number of hydrogen-bond acceptors (Lipinski definition) is 8. The molecular formula is C25H27N3O6S. The van der Waals surface area contributed by atoms with Gasteiger partial charge in [0.1, 0.15) is 5.56 Å². The lowest BCUT2D eigenvalue weighted by Gasteiger charge is -2.19. The van der Waals surface area contributed by atoms with E-state index in [-0.39, 0.29) is 41.0 Å². The van der Waals surface area contributed by atoms with Crippen LogP contribution in [0.1, 0.15) is 42.6 Å². The Hall–Kier alpha value is -3.66. The summed E-state index contributed by atoms with van der Waals surface area (Å²) < 4.78 is 11.8. The second kappa shape index (κ2) is 10.3. The molecule has 35 heavy (non-hydrogen) atoms. The van der Waals surface area contributed by atoms with Gasteiger partial charge in [-0.3, -0.25) is 19.3 Å².